The Morgan fingerprint density at radius 3 is 3.30 bits per heavy atom. The predicted octanol–water partition coefficient (Wildman–Crippen LogP) is 0.921. The third kappa shape index (κ3) is 0.639. The number of para-hydroxylation sites is 1. The molecule has 2 aromatic rings. The summed E-state index contributed by atoms with van der Waals surface area (Å²) in [5.74, 6) is -0.433. The molecule has 1 radical (unpaired) electrons. The van der Waals surface area contributed by atoms with Crippen LogP contribution in [0.15, 0.2) is 27.4 Å². The molecule has 3 heteroatoms. The highest BCUT2D eigenvalue weighted by Gasteiger charge is 1.95. The van der Waals surface area contributed by atoms with Gasteiger partial charge in [0.1, 0.15) is 0 Å². The van der Waals surface area contributed by atoms with Crippen molar-refractivity contribution in [3.63, 3.8) is 0 Å². The molecule has 1 N–H and O–H groups in total. The van der Waals surface area contributed by atoms with Gasteiger partial charge >= 0.3 is 5.76 Å². The topological polar surface area (TPSA) is 46.0 Å². The molecule has 0 saturated carbocycles. The van der Waals surface area contributed by atoms with E-state index in [-0.39, 0.29) is 0 Å². The summed E-state index contributed by atoms with van der Waals surface area (Å²) in [6.07, 6.45) is 0. The number of aromatic amines is 1. The van der Waals surface area contributed by atoms with Gasteiger partial charge in [-0.25, -0.2) is 4.79 Å². The fraction of sp³-hybridized carbons (Fsp3) is 0. The van der Waals surface area contributed by atoms with Crippen molar-refractivity contribution in [1.82, 2.24) is 4.98 Å². The van der Waals surface area contributed by atoms with E-state index in [1.165, 1.54) is 0 Å². The monoisotopic (exact) mass is 134 g/mol. The first-order chi connectivity index (χ1) is 4.86. The third-order valence-electron chi connectivity index (χ3n) is 1.25. The van der Waals surface area contributed by atoms with Gasteiger partial charge in [0.05, 0.1) is 5.52 Å². The molecule has 0 amide bonds. The quantitative estimate of drug-likeness (QED) is 0.582. The van der Waals surface area contributed by atoms with Crippen LogP contribution in [0, 0.1) is 6.07 Å². The molecular formula is C7H4NO2. The molecular weight excluding hydrogens is 130 g/mol. The predicted molar refractivity (Wildman–Crippen MR) is 35.7 cm³/mol. The van der Waals surface area contributed by atoms with Crippen LogP contribution in [0.2, 0.25) is 0 Å². The number of H-pyrrole nitrogens is 1. The molecule has 3 nitrogen and oxygen atoms in total. The molecule has 0 spiro atoms. The number of aromatic nitrogens is 1. The minimum atomic E-state index is -0.433. The smallest absolute Gasteiger partial charge is 0.407 e. The Balaban J connectivity index is 3.01. The number of hydrogen-bond acceptors (Lipinski definition) is 2. The summed E-state index contributed by atoms with van der Waals surface area (Å²) in [7, 11) is 0. The average Bonchev–Trinajstić information content (AvgIpc) is 2.27. The lowest BCUT2D eigenvalue weighted by molar-refractivity contribution is 0.555. The van der Waals surface area contributed by atoms with Gasteiger partial charge in [-0.2, -0.15) is 0 Å². The molecule has 49 valence electrons. The molecule has 0 aliphatic rings. The van der Waals surface area contributed by atoms with Crippen LogP contribution in [-0.4, -0.2) is 4.98 Å². The fourth-order valence-corrected chi connectivity index (χ4v) is 0.833. The minimum Gasteiger partial charge on any atom is -0.407 e. The summed E-state index contributed by atoms with van der Waals surface area (Å²) in [4.78, 5) is 13.1. The lowest BCUT2D eigenvalue weighted by Gasteiger charge is -1.79. The van der Waals surface area contributed by atoms with Crippen molar-refractivity contribution in [3.8, 4) is 0 Å². The van der Waals surface area contributed by atoms with E-state index in [2.05, 4.69) is 11.1 Å². The first-order valence-electron chi connectivity index (χ1n) is 2.86. The second-order valence-corrected chi connectivity index (χ2v) is 1.93. The standard InChI is InChI=1S/C7H4NO2/c9-7-8-5-3-1-2-4-6(5)10-7/h1-3H,(H,8,9). The van der Waals surface area contributed by atoms with Gasteiger partial charge in [-0.15, -0.1) is 0 Å². The van der Waals surface area contributed by atoms with E-state index in [1.807, 2.05) is 0 Å². The highest BCUT2D eigenvalue weighted by Crippen LogP contribution is 2.05. The third-order valence-corrected chi connectivity index (χ3v) is 1.25. The highest BCUT2D eigenvalue weighted by atomic mass is 16.4. The lowest BCUT2D eigenvalue weighted by atomic mass is 10.3. The maximum Gasteiger partial charge on any atom is 0.417 e. The van der Waals surface area contributed by atoms with Gasteiger partial charge in [-0.05, 0) is 6.07 Å². The first-order valence-corrected chi connectivity index (χ1v) is 2.86. The van der Waals surface area contributed by atoms with Crippen molar-refractivity contribution in [2.45, 2.75) is 0 Å². The number of hydrogen-bond donors (Lipinski definition) is 1. The molecule has 0 aliphatic heterocycles. The van der Waals surface area contributed by atoms with E-state index >= 15 is 0 Å². The van der Waals surface area contributed by atoms with Crippen molar-refractivity contribution < 1.29 is 4.42 Å². The molecule has 1 aromatic heterocycles. The van der Waals surface area contributed by atoms with E-state index in [0.717, 1.165) is 0 Å². The van der Waals surface area contributed by atoms with E-state index in [0.29, 0.717) is 11.1 Å². The van der Waals surface area contributed by atoms with Crippen LogP contribution in [0.3, 0.4) is 0 Å². The summed E-state index contributed by atoms with van der Waals surface area (Å²) >= 11 is 0. The number of fused-ring (bicyclic) bond motifs is 1. The fourth-order valence-electron chi connectivity index (χ4n) is 0.833. The summed E-state index contributed by atoms with van der Waals surface area (Å²) in [5.41, 5.74) is 1.17. The van der Waals surface area contributed by atoms with Crippen LogP contribution >= 0.6 is 0 Å². The van der Waals surface area contributed by atoms with E-state index in [9.17, 15) is 4.79 Å². The van der Waals surface area contributed by atoms with E-state index in [1.54, 1.807) is 18.2 Å². The number of benzene rings is 1. The minimum absolute atomic E-state index is 0.433. The summed E-state index contributed by atoms with van der Waals surface area (Å²) in [6, 6.07) is 8.01. The SMILES string of the molecule is O=c1[nH]c2ccc[c]c2o1. The van der Waals surface area contributed by atoms with Gasteiger partial charge in [0.2, 0.25) is 0 Å². The second kappa shape index (κ2) is 1.73. The van der Waals surface area contributed by atoms with Crippen LogP contribution in [0.1, 0.15) is 0 Å². The van der Waals surface area contributed by atoms with Gasteiger partial charge in [-0.3, -0.25) is 4.98 Å². The molecule has 0 aliphatic carbocycles. The first kappa shape index (κ1) is 5.29. The zero-order chi connectivity index (χ0) is 6.97. The van der Waals surface area contributed by atoms with Crippen LogP contribution < -0.4 is 5.76 Å². The Morgan fingerprint density at radius 1 is 1.60 bits per heavy atom. The molecule has 1 aromatic carbocycles. The zero-order valence-electron chi connectivity index (χ0n) is 5.05. The van der Waals surface area contributed by atoms with Gasteiger partial charge in [0.25, 0.3) is 0 Å². The van der Waals surface area contributed by atoms with Crippen molar-refractivity contribution in [2.75, 3.05) is 0 Å². The molecule has 2 rings (SSSR count). The van der Waals surface area contributed by atoms with Crippen molar-refractivity contribution >= 4 is 11.1 Å². The van der Waals surface area contributed by atoms with Gasteiger partial charge in [0, 0.05) is 6.07 Å². The molecule has 0 fully saturated rings. The van der Waals surface area contributed by atoms with Gasteiger partial charge in [-0.1, -0.05) is 12.1 Å². The zero-order valence-corrected chi connectivity index (χ0v) is 5.05. The maximum absolute atomic E-state index is 10.5. The van der Waals surface area contributed by atoms with E-state index in [4.69, 9.17) is 4.42 Å². The van der Waals surface area contributed by atoms with Crippen LogP contribution in [0.4, 0.5) is 0 Å². The second-order valence-electron chi connectivity index (χ2n) is 1.93. The molecule has 1 heterocycles. The summed E-state index contributed by atoms with van der Waals surface area (Å²) < 4.78 is 4.70. The van der Waals surface area contributed by atoms with Gasteiger partial charge < -0.3 is 4.42 Å². The molecule has 0 atom stereocenters. The summed E-state index contributed by atoms with van der Waals surface area (Å²) in [6.45, 7) is 0. The lowest BCUT2D eigenvalue weighted by Crippen LogP contribution is -1.92. The number of rotatable bonds is 0. The molecule has 0 saturated heterocycles. The molecule has 0 bridgehead atoms. The highest BCUT2D eigenvalue weighted by molar-refractivity contribution is 5.70. The number of nitrogens with one attached hydrogen (secondary N) is 1. The Labute approximate surface area is 56.3 Å². The normalized spacial score (nSPS) is 10.4. The Hall–Kier alpha value is -1.51. The molecule has 10 heavy (non-hydrogen) atoms. The average molecular weight is 134 g/mol. The summed E-state index contributed by atoms with van der Waals surface area (Å²) in [5, 5.41) is 0. The van der Waals surface area contributed by atoms with Gasteiger partial charge in [0.15, 0.2) is 5.58 Å². The maximum atomic E-state index is 10.5. The number of oxazole rings is 1. The van der Waals surface area contributed by atoms with Crippen molar-refractivity contribution in [3.05, 3.63) is 34.8 Å². The Morgan fingerprint density at radius 2 is 2.50 bits per heavy atom. The Kier molecular flexibility index (Phi) is 0.917. The van der Waals surface area contributed by atoms with Crippen molar-refractivity contribution in [1.29, 1.82) is 0 Å². The van der Waals surface area contributed by atoms with Crippen molar-refractivity contribution in [2.24, 2.45) is 0 Å². The Bertz CT molecular complexity index is 363. The largest absolute Gasteiger partial charge is 0.417 e. The molecule has 0 unspecified atom stereocenters. The van der Waals surface area contributed by atoms with Crippen LogP contribution in [-0.2, 0) is 0 Å². The van der Waals surface area contributed by atoms with Crippen LogP contribution in [0.5, 0.6) is 0 Å². The van der Waals surface area contributed by atoms with Crippen LogP contribution in [0.25, 0.3) is 11.1 Å². The van der Waals surface area contributed by atoms with E-state index < -0.39 is 5.76 Å².